The Labute approximate surface area is 146 Å². The minimum atomic E-state index is -3.76. The number of hydrogen-bond donors (Lipinski definition) is 1. The maximum atomic E-state index is 12.4. The molecule has 1 atom stereocenters. The third-order valence-electron chi connectivity index (χ3n) is 2.50. The summed E-state index contributed by atoms with van der Waals surface area (Å²) in [6.45, 7) is 4.06. The average Bonchev–Trinajstić information content (AvgIpc) is 2.24. The molecule has 114 valence electrons. The molecular formula is C12H15Br2Cl2NO2S. The minimum Gasteiger partial charge on any atom is -0.207 e. The minimum absolute atomic E-state index is 0.0845. The Bertz CT molecular complexity index is 556. The van der Waals surface area contributed by atoms with Crippen LogP contribution in [-0.2, 0) is 10.0 Å². The number of halogens is 4. The molecule has 20 heavy (non-hydrogen) atoms. The Kier molecular flexibility index (Phi) is 7.29. The Morgan fingerprint density at radius 3 is 2.15 bits per heavy atom. The standard InChI is InChI=1S/C12H15Br2Cl2NO2S/c1-7(2)3-9(6-13)17-20(18,19)12-10(15)4-8(14)5-11(12)16/h4-5,7,9,17H,3,6H2,1-2H3. The zero-order valence-corrected chi connectivity index (χ0v) is 16.5. The van der Waals surface area contributed by atoms with E-state index in [1.165, 1.54) is 12.1 Å². The lowest BCUT2D eigenvalue weighted by molar-refractivity contribution is 0.488. The van der Waals surface area contributed by atoms with Gasteiger partial charge in [-0.3, -0.25) is 0 Å². The molecule has 0 saturated carbocycles. The fourth-order valence-corrected chi connectivity index (χ4v) is 5.60. The first-order valence-electron chi connectivity index (χ1n) is 5.90. The van der Waals surface area contributed by atoms with E-state index in [0.717, 1.165) is 6.42 Å². The van der Waals surface area contributed by atoms with E-state index in [9.17, 15) is 8.42 Å². The molecule has 3 nitrogen and oxygen atoms in total. The van der Waals surface area contributed by atoms with Crippen LogP contribution in [0.3, 0.4) is 0 Å². The van der Waals surface area contributed by atoms with Crippen molar-refractivity contribution in [3.8, 4) is 0 Å². The smallest absolute Gasteiger partial charge is 0.207 e. The third kappa shape index (κ3) is 5.14. The molecule has 0 aromatic heterocycles. The molecule has 1 aromatic carbocycles. The van der Waals surface area contributed by atoms with Crippen LogP contribution in [0.25, 0.3) is 0 Å². The molecule has 0 heterocycles. The third-order valence-corrected chi connectivity index (χ3v) is 6.18. The summed E-state index contributed by atoms with van der Waals surface area (Å²) < 4.78 is 28.1. The van der Waals surface area contributed by atoms with Crippen molar-refractivity contribution < 1.29 is 8.42 Å². The van der Waals surface area contributed by atoms with Crippen molar-refractivity contribution in [3.63, 3.8) is 0 Å². The van der Waals surface area contributed by atoms with Crippen molar-refractivity contribution in [2.45, 2.75) is 31.2 Å². The molecule has 0 radical (unpaired) electrons. The van der Waals surface area contributed by atoms with Gasteiger partial charge in [0, 0.05) is 15.8 Å². The molecule has 8 heteroatoms. The zero-order chi connectivity index (χ0) is 15.5. The van der Waals surface area contributed by atoms with Gasteiger partial charge < -0.3 is 0 Å². The molecule has 0 spiro atoms. The van der Waals surface area contributed by atoms with Gasteiger partial charge in [-0.2, -0.15) is 0 Å². The second-order valence-corrected chi connectivity index (χ2v) is 8.83. The Balaban J connectivity index is 3.11. The molecule has 1 rings (SSSR count). The first-order chi connectivity index (χ1) is 9.17. The number of hydrogen-bond acceptors (Lipinski definition) is 2. The topological polar surface area (TPSA) is 46.2 Å². The molecule has 0 aliphatic carbocycles. The summed E-state index contributed by atoms with van der Waals surface area (Å²) in [6, 6.07) is 2.80. The van der Waals surface area contributed by atoms with Gasteiger partial charge in [0.25, 0.3) is 0 Å². The van der Waals surface area contributed by atoms with Crippen molar-refractivity contribution in [2.24, 2.45) is 5.92 Å². The molecule has 1 N–H and O–H groups in total. The summed E-state index contributed by atoms with van der Waals surface area (Å²) in [6.07, 6.45) is 0.718. The molecule has 1 unspecified atom stereocenters. The normalized spacial score (nSPS) is 13.8. The van der Waals surface area contributed by atoms with Crippen molar-refractivity contribution >= 4 is 65.1 Å². The summed E-state index contributed by atoms with van der Waals surface area (Å²) in [5, 5.41) is 0.709. The van der Waals surface area contributed by atoms with Crippen molar-refractivity contribution in [1.29, 1.82) is 0 Å². The van der Waals surface area contributed by atoms with Gasteiger partial charge in [0.15, 0.2) is 0 Å². The van der Waals surface area contributed by atoms with E-state index in [-0.39, 0.29) is 21.0 Å². The van der Waals surface area contributed by atoms with E-state index < -0.39 is 10.0 Å². The van der Waals surface area contributed by atoms with E-state index >= 15 is 0 Å². The van der Waals surface area contributed by atoms with E-state index in [4.69, 9.17) is 23.2 Å². The fourth-order valence-electron chi connectivity index (χ4n) is 1.78. The zero-order valence-electron chi connectivity index (χ0n) is 11.0. The van der Waals surface area contributed by atoms with Crippen LogP contribution in [0, 0.1) is 5.92 Å². The molecular weight excluding hydrogens is 453 g/mol. The Hall–Kier alpha value is 0.670. The Morgan fingerprint density at radius 1 is 1.25 bits per heavy atom. The van der Waals surface area contributed by atoms with Crippen LogP contribution in [0.2, 0.25) is 10.0 Å². The highest BCUT2D eigenvalue weighted by atomic mass is 79.9. The van der Waals surface area contributed by atoms with Gasteiger partial charge in [-0.25, -0.2) is 13.1 Å². The molecule has 0 bridgehead atoms. The van der Waals surface area contributed by atoms with Gasteiger partial charge in [0.2, 0.25) is 10.0 Å². The first-order valence-corrected chi connectivity index (χ1v) is 10.1. The van der Waals surface area contributed by atoms with Gasteiger partial charge in [0.1, 0.15) is 4.90 Å². The lowest BCUT2D eigenvalue weighted by atomic mass is 10.1. The predicted molar refractivity (Wildman–Crippen MR) is 91.5 cm³/mol. The van der Waals surface area contributed by atoms with Gasteiger partial charge >= 0.3 is 0 Å². The number of sulfonamides is 1. The monoisotopic (exact) mass is 465 g/mol. The van der Waals surface area contributed by atoms with Crippen LogP contribution >= 0.6 is 55.1 Å². The van der Waals surface area contributed by atoms with E-state index in [1.54, 1.807) is 0 Å². The van der Waals surface area contributed by atoms with E-state index in [0.29, 0.717) is 15.7 Å². The highest BCUT2D eigenvalue weighted by Gasteiger charge is 2.25. The van der Waals surface area contributed by atoms with Crippen LogP contribution in [0.4, 0.5) is 0 Å². The first kappa shape index (κ1) is 18.7. The average molecular weight is 468 g/mol. The Morgan fingerprint density at radius 2 is 1.75 bits per heavy atom. The number of rotatable bonds is 6. The quantitative estimate of drug-likeness (QED) is 0.608. The van der Waals surface area contributed by atoms with Crippen LogP contribution in [0.15, 0.2) is 21.5 Å². The second-order valence-electron chi connectivity index (χ2n) is 4.80. The van der Waals surface area contributed by atoms with Gasteiger partial charge in [-0.15, -0.1) is 0 Å². The summed E-state index contributed by atoms with van der Waals surface area (Å²) in [5.74, 6) is 0.371. The summed E-state index contributed by atoms with van der Waals surface area (Å²) in [5.41, 5.74) is 0. The number of benzene rings is 1. The van der Waals surface area contributed by atoms with Crippen molar-refractivity contribution in [2.75, 3.05) is 5.33 Å². The summed E-state index contributed by atoms with van der Waals surface area (Å²) in [7, 11) is -3.76. The van der Waals surface area contributed by atoms with Gasteiger partial charge in [0.05, 0.1) is 10.0 Å². The van der Waals surface area contributed by atoms with E-state index in [2.05, 4.69) is 36.6 Å². The molecule has 0 aliphatic heterocycles. The highest BCUT2D eigenvalue weighted by Crippen LogP contribution is 2.33. The molecule has 0 saturated heterocycles. The fraction of sp³-hybridized carbons (Fsp3) is 0.500. The second kappa shape index (κ2) is 7.79. The molecule has 1 aromatic rings. The number of alkyl halides is 1. The van der Waals surface area contributed by atoms with Gasteiger partial charge in [-0.05, 0) is 24.5 Å². The molecule has 0 fully saturated rings. The lowest BCUT2D eigenvalue weighted by Crippen LogP contribution is -2.37. The molecule has 0 aliphatic rings. The van der Waals surface area contributed by atoms with Crippen LogP contribution in [0.5, 0.6) is 0 Å². The van der Waals surface area contributed by atoms with Crippen molar-refractivity contribution in [3.05, 3.63) is 26.7 Å². The number of nitrogens with one attached hydrogen (secondary N) is 1. The predicted octanol–water partition coefficient (Wildman–Crippen LogP) is 4.84. The van der Waals surface area contributed by atoms with Crippen molar-refractivity contribution in [1.82, 2.24) is 4.72 Å². The lowest BCUT2D eigenvalue weighted by Gasteiger charge is -2.19. The van der Waals surface area contributed by atoms with Crippen LogP contribution < -0.4 is 4.72 Å². The SMILES string of the molecule is CC(C)CC(CBr)NS(=O)(=O)c1c(Cl)cc(Br)cc1Cl. The molecule has 0 amide bonds. The van der Waals surface area contributed by atoms with E-state index in [1.807, 2.05) is 13.8 Å². The largest absolute Gasteiger partial charge is 0.243 e. The highest BCUT2D eigenvalue weighted by molar-refractivity contribution is 9.10. The van der Waals surface area contributed by atoms with Gasteiger partial charge in [-0.1, -0.05) is 68.9 Å². The maximum Gasteiger partial charge on any atom is 0.243 e. The van der Waals surface area contributed by atoms with Crippen LogP contribution in [-0.4, -0.2) is 19.8 Å². The van der Waals surface area contributed by atoms with Crippen LogP contribution in [0.1, 0.15) is 20.3 Å². The maximum absolute atomic E-state index is 12.4. The summed E-state index contributed by atoms with van der Waals surface area (Å²) in [4.78, 5) is -0.0845. The summed E-state index contributed by atoms with van der Waals surface area (Å²) >= 11 is 18.5.